The van der Waals surface area contributed by atoms with E-state index in [9.17, 15) is 14.4 Å². The van der Waals surface area contributed by atoms with Crippen molar-refractivity contribution in [3.8, 4) is 0 Å². The van der Waals surface area contributed by atoms with Gasteiger partial charge in [0.2, 0.25) is 5.91 Å². The van der Waals surface area contributed by atoms with E-state index in [0.29, 0.717) is 32.6 Å². The van der Waals surface area contributed by atoms with Crippen molar-refractivity contribution in [2.45, 2.75) is 57.0 Å². The molecule has 3 aliphatic rings. The molecule has 1 spiro atoms. The quantitative estimate of drug-likeness (QED) is 0.714. The molecule has 4 amide bonds. The average molecular weight is 380 g/mol. The Labute approximate surface area is 161 Å². The van der Waals surface area contributed by atoms with E-state index in [2.05, 4.69) is 24.1 Å². The number of morpholine rings is 1. The standard InChI is InChI=1S/C19H32N4O4/c1-18(2,22-9-11-27-12-10-22)14-20-15(24)13-23-16(25)19(21(3)17(23)26)7-5-4-6-8-19/h4-14H2,1-3H3,(H,20,24). The lowest BCUT2D eigenvalue weighted by Crippen LogP contribution is -2.56. The van der Waals surface area contributed by atoms with Crippen molar-refractivity contribution < 1.29 is 19.1 Å². The maximum atomic E-state index is 12.9. The number of imide groups is 1. The first kappa shape index (κ1) is 20.1. The van der Waals surface area contributed by atoms with Crippen LogP contribution in [0.3, 0.4) is 0 Å². The fraction of sp³-hybridized carbons (Fsp3) is 0.842. The van der Waals surface area contributed by atoms with Crippen LogP contribution in [0.25, 0.3) is 0 Å². The number of hydrogen-bond acceptors (Lipinski definition) is 5. The van der Waals surface area contributed by atoms with Crippen molar-refractivity contribution in [3.05, 3.63) is 0 Å². The second-order valence-corrected chi connectivity index (χ2v) is 8.51. The topological polar surface area (TPSA) is 82.2 Å². The lowest BCUT2D eigenvalue weighted by molar-refractivity contribution is -0.137. The molecule has 1 N–H and O–H groups in total. The molecule has 1 aliphatic carbocycles. The zero-order chi connectivity index (χ0) is 19.7. The van der Waals surface area contributed by atoms with E-state index in [-0.39, 0.29) is 29.9 Å². The number of carbonyl (C=O) groups excluding carboxylic acids is 3. The van der Waals surface area contributed by atoms with Gasteiger partial charge in [-0.25, -0.2) is 4.79 Å². The van der Waals surface area contributed by atoms with Crippen LogP contribution < -0.4 is 5.32 Å². The monoisotopic (exact) mass is 380 g/mol. The number of urea groups is 1. The Morgan fingerprint density at radius 3 is 2.41 bits per heavy atom. The Kier molecular flexibility index (Phi) is 5.76. The van der Waals surface area contributed by atoms with Crippen LogP contribution in [0, 0.1) is 0 Å². The number of rotatable bonds is 5. The van der Waals surface area contributed by atoms with Gasteiger partial charge in [-0.15, -0.1) is 0 Å². The number of amides is 4. The predicted octanol–water partition coefficient (Wildman–Crippen LogP) is 0.810. The van der Waals surface area contributed by atoms with Gasteiger partial charge >= 0.3 is 6.03 Å². The van der Waals surface area contributed by atoms with Gasteiger partial charge in [0, 0.05) is 32.2 Å². The first-order valence-corrected chi connectivity index (χ1v) is 9.97. The molecule has 8 heteroatoms. The van der Waals surface area contributed by atoms with Crippen molar-refractivity contribution in [2.24, 2.45) is 0 Å². The molecule has 0 aromatic rings. The summed E-state index contributed by atoms with van der Waals surface area (Å²) in [5, 5.41) is 2.91. The molecular weight excluding hydrogens is 348 g/mol. The summed E-state index contributed by atoms with van der Waals surface area (Å²) >= 11 is 0. The molecular formula is C19H32N4O4. The van der Waals surface area contributed by atoms with Crippen molar-refractivity contribution in [1.82, 2.24) is 20.0 Å². The van der Waals surface area contributed by atoms with Crippen LogP contribution in [0.2, 0.25) is 0 Å². The third kappa shape index (κ3) is 3.82. The van der Waals surface area contributed by atoms with Gasteiger partial charge in [-0.05, 0) is 26.7 Å². The first-order valence-electron chi connectivity index (χ1n) is 9.97. The van der Waals surface area contributed by atoms with Crippen LogP contribution in [0.5, 0.6) is 0 Å². The van der Waals surface area contributed by atoms with Gasteiger partial charge in [-0.3, -0.25) is 19.4 Å². The van der Waals surface area contributed by atoms with Crippen LogP contribution in [0.15, 0.2) is 0 Å². The van der Waals surface area contributed by atoms with E-state index in [4.69, 9.17) is 4.74 Å². The molecule has 0 unspecified atom stereocenters. The Morgan fingerprint density at radius 1 is 1.15 bits per heavy atom. The summed E-state index contributed by atoms with van der Waals surface area (Å²) in [6, 6.07) is -0.357. The molecule has 27 heavy (non-hydrogen) atoms. The molecule has 3 fully saturated rings. The maximum absolute atomic E-state index is 12.9. The molecule has 2 aliphatic heterocycles. The largest absolute Gasteiger partial charge is 0.379 e. The molecule has 0 bridgehead atoms. The summed E-state index contributed by atoms with van der Waals surface area (Å²) in [6.07, 6.45) is 4.36. The minimum Gasteiger partial charge on any atom is -0.379 e. The molecule has 0 aromatic carbocycles. The molecule has 2 heterocycles. The van der Waals surface area contributed by atoms with Gasteiger partial charge < -0.3 is 15.0 Å². The third-order valence-electron chi connectivity index (χ3n) is 6.37. The molecule has 0 aromatic heterocycles. The highest BCUT2D eigenvalue weighted by molar-refractivity contribution is 6.08. The number of nitrogens with one attached hydrogen (secondary N) is 1. The summed E-state index contributed by atoms with van der Waals surface area (Å²) in [6.45, 7) is 7.47. The van der Waals surface area contributed by atoms with Crippen LogP contribution in [-0.2, 0) is 14.3 Å². The van der Waals surface area contributed by atoms with Crippen molar-refractivity contribution in [1.29, 1.82) is 0 Å². The normalized spacial score (nSPS) is 24.0. The predicted molar refractivity (Wildman–Crippen MR) is 100 cm³/mol. The molecule has 0 radical (unpaired) electrons. The fourth-order valence-electron chi connectivity index (χ4n) is 4.47. The van der Waals surface area contributed by atoms with Crippen molar-refractivity contribution >= 4 is 17.8 Å². The van der Waals surface area contributed by atoms with Crippen LogP contribution in [0.1, 0.15) is 46.0 Å². The first-order chi connectivity index (χ1) is 12.8. The number of carbonyl (C=O) groups is 3. The second kappa shape index (κ2) is 7.75. The average Bonchev–Trinajstić information content (AvgIpc) is 2.84. The van der Waals surface area contributed by atoms with Gasteiger partial charge in [0.25, 0.3) is 5.91 Å². The molecule has 3 rings (SSSR count). The summed E-state index contributed by atoms with van der Waals surface area (Å²) in [7, 11) is 1.69. The highest BCUT2D eigenvalue weighted by atomic mass is 16.5. The molecule has 2 saturated heterocycles. The lowest BCUT2D eigenvalue weighted by Gasteiger charge is -2.40. The van der Waals surface area contributed by atoms with Crippen molar-refractivity contribution in [3.63, 3.8) is 0 Å². The number of ether oxygens (including phenoxy) is 1. The highest BCUT2D eigenvalue weighted by Crippen LogP contribution is 2.39. The summed E-state index contributed by atoms with van der Waals surface area (Å²) in [5.74, 6) is -0.503. The van der Waals surface area contributed by atoms with Gasteiger partial charge in [0.05, 0.1) is 13.2 Å². The summed E-state index contributed by atoms with van der Waals surface area (Å²) in [5.41, 5.74) is -0.942. The van der Waals surface area contributed by atoms with E-state index < -0.39 is 5.54 Å². The minimum atomic E-state index is -0.733. The van der Waals surface area contributed by atoms with Gasteiger partial charge in [0.1, 0.15) is 12.1 Å². The van der Waals surface area contributed by atoms with E-state index in [1.165, 1.54) is 0 Å². The van der Waals surface area contributed by atoms with E-state index >= 15 is 0 Å². The Balaban J connectivity index is 1.57. The molecule has 1 saturated carbocycles. The summed E-state index contributed by atoms with van der Waals surface area (Å²) < 4.78 is 5.38. The van der Waals surface area contributed by atoms with Crippen LogP contribution in [-0.4, -0.2) is 90.1 Å². The molecule has 152 valence electrons. The second-order valence-electron chi connectivity index (χ2n) is 8.51. The number of hydrogen-bond donors (Lipinski definition) is 1. The van der Waals surface area contributed by atoms with E-state index in [0.717, 1.165) is 37.3 Å². The van der Waals surface area contributed by atoms with Crippen molar-refractivity contribution in [2.75, 3.05) is 46.4 Å². The minimum absolute atomic E-state index is 0.205. The van der Waals surface area contributed by atoms with Crippen LogP contribution >= 0.6 is 0 Å². The maximum Gasteiger partial charge on any atom is 0.327 e. The smallest absolute Gasteiger partial charge is 0.327 e. The Bertz CT molecular complexity index is 595. The van der Waals surface area contributed by atoms with Gasteiger partial charge in [-0.1, -0.05) is 19.3 Å². The van der Waals surface area contributed by atoms with E-state index in [1.807, 2.05) is 0 Å². The SMILES string of the molecule is CN1C(=O)N(CC(=O)NCC(C)(C)N2CCOCC2)C(=O)C12CCCCC2. The summed E-state index contributed by atoms with van der Waals surface area (Å²) in [4.78, 5) is 43.0. The highest BCUT2D eigenvalue weighted by Gasteiger charge is 2.55. The Morgan fingerprint density at radius 2 is 1.78 bits per heavy atom. The molecule has 8 nitrogen and oxygen atoms in total. The van der Waals surface area contributed by atoms with Crippen LogP contribution in [0.4, 0.5) is 4.79 Å². The third-order valence-corrected chi connectivity index (χ3v) is 6.37. The number of nitrogens with zero attached hydrogens (tertiary/aromatic N) is 3. The lowest BCUT2D eigenvalue weighted by atomic mass is 9.81. The number of likely N-dealkylation sites (N-methyl/N-ethyl adjacent to an activating group) is 1. The zero-order valence-electron chi connectivity index (χ0n) is 16.8. The Hall–Kier alpha value is -1.67. The van der Waals surface area contributed by atoms with E-state index in [1.54, 1.807) is 11.9 Å². The molecule has 0 atom stereocenters. The fourth-order valence-corrected chi connectivity index (χ4v) is 4.47. The zero-order valence-corrected chi connectivity index (χ0v) is 16.8. The van der Waals surface area contributed by atoms with Gasteiger partial charge in [-0.2, -0.15) is 0 Å². The van der Waals surface area contributed by atoms with Gasteiger partial charge in [0.15, 0.2) is 0 Å².